The van der Waals surface area contributed by atoms with Gasteiger partial charge >= 0.3 is 11.9 Å². The summed E-state index contributed by atoms with van der Waals surface area (Å²) >= 11 is 0. The van der Waals surface area contributed by atoms with E-state index in [-0.39, 0.29) is 106 Å². The Morgan fingerprint density at radius 1 is 0.683 bits per heavy atom. The number of carbonyl (C=O) groups excluding carboxylic acids is 8. The van der Waals surface area contributed by atoms with Crippen LogP contribution in [-0.4, -0.2) is 309 Å². The first-order valence-electron chi connectivity index (χ1n) is 50.2. The van der Waals surface area contributed by atoms with Crippen LogP contribution in [0.15, 0.2) is 120 Å². The average Bonchev–Trinajstić information content (AvgIpc) is 1.55. The Bertz CT molecular complexity index is 5600. The van der Waals surface area contributed by atoms with Crippen LogP contribution in [-0.2, 0) is 102 Å². The number of oxazole rings is 1. The number of piperazine rings is 2. The monoisotopic (exact) mass is 1960 g/mol. The van der Waals surface area contributed by atoms with Crippen molar-refractivity contribution in [2.24, 2.45) is 35.5 Å². The van der Waals surface area contributed by atoms with Crippen molar-refractivity contribution in [3.05, 3.63) is 143 Å². The molecule has 5 fully saturated rings. The van der Waals surface area contributed by atoms with Gasteiger partial charge in [-0.05, 0) is 155 Å². The van der Waals surface area contributed by atoms with E-state index in [4.69, 9.17) is 63.6 Å². The number of nitrogens with two attached hydrogens (primary N) is 2. The van der Waals surface area contributed by atoms with Gasteiger partial charge in [-0.3, -0.25) is 38.5 Å². The van der Waals surface area contributed by atoms with Gasteiger partial charge in [0.2, 0.25) is 29.5 Å². The molecule has 0 radical (unpaired) electrons. The second-order valence-electron chi connectivity index (χ2n) is 39.2. The number of nitrogens with zero attached hydrogens (tertiary/aromatic N) is 15. The quantitative estimate of drug-likeness (QED) is 0.0126. The fourth-order valence-electron chi connectivity index (χ4n) is 20.6. The standard InChI is InChI=1S/C104H142N18O20/c1-64-18-13-12-14-19-65(2)83(133-8)54-78-27-22-70(7)104(132,142-78)95(128)99(130)121-33-16-15-20-80(121)100(131)140-85(55-84(134-9)66(3)49-69(6)93(127)94(136-11)92(126)68(5)48-64)67(4)50-71-24-28-82(86(52-71)135-10)139-89(125)21-17-44-137-45-31-87(123)107-56-73-57-108-102(109-58-73)119-41-39-117(40-42-119)88(124)32-46-138-47-43-116-35-37-118(38-36-116)103-110-59-77(60-111-103)98(129)120-34-30-74-51-72(23-25-76(74)62-120)61-122-97-90(96(105)112-63-113-97)91(115-122)75-26-29-81-79(53-75)114-101(106)141-81/h12-14,18-19,23,25-26,29,49,51,53,57-60,63-64,66-68,70-71,78,80,82-86,93-94,127,132H,15-17,20-22,24,27-28,30-48,50,52,54-56,61-62H2,1-11H3,(H2,106,114)(H,107,123)(H2,105,112,113)/b14-12+,18-13+,65-19+,69-49+/t64-,66-,67-,68-,70-,71+,78+,80+,82-,83+,84-,85+,86-,93-,94+,104-/m1/s1. The van der Waals surface area contributed by atoms with Gasteiger partial charge in [0.25, 0.3) is 23.6 Å². The number of fused-ring (bicyclic) bond motifs is 6. The number of esters is 2. The normalized spacial score (nSPS) is 27.3. The van der Waals surface area contributed by atoms with Crippen LogP contribution in [0.4, 0.5) is 23.7 Å². The minimum atomic E-state index is -2.47. The summed E-state index contributed by atoms with van der Waals surface area (Å²) < 4.78 is 61.9. The Hall–Kier alpha value is -11.5. The molecule has 7 aliphatic rings. The number of hydrogen-bond donors (Lipinski definition) is 5. The summed E-state index contributed by atoms with van der Waals surface area (Å²) in [4.78, 5) is 155. The Labute approximate surface area is 829 Å². The maximum absolute atomic E-state index is 15.0. The molecular weight excluding hydrogens is 1820 g/mol. The highest BCUT2D eigenvalue weighted by Crippen LogP contribution is 2.41. The van der Waals surface area contributed by atoms with E-state index in [1.807, 2.05) is 103 Å². The number of cyclic esters (lactones) is 1. The Kier molecular flexibility index (Phi) is 37.6. The molecule has 4 saturated heterocycles. The highest BCUT2D eigenvalue weighted by atomic mass is 16.6. The maximum atomic E-state index is 15.0. The number of Topliss-reactive ketones (excluding diaryl/α,β-unsaturated/α-hetero) is 2. The van der Waals surface area contributed by atoms with Crippen LogP contribution in [0.5, 0.6) is 0 Å². The lowest BCUT2D eigenvalue weighted by Crippen LogP contribution is -2.61. The van der Waals surface area contributed by atoms with E-state index in [1.165, 1.54) is 18.3 Å². The number of anilines is 4. The number of methoxy groups -OCH3 is 4. The van der Waals surface area contributed by atoms with E-state index < -0.39 is 102 Å². The molecule has 2 bridgehead atoms. The van der Waals surface area contributed by atoms with Crippen LogP contribution >= 0.6 is 0 Å². The lowest BCUT2D eigenvalue weighted by Gasteiger charge is -2.43. The Morgan fingerprint density at radius 3 is 2.15 bits per heavy atom. The molecule has 14 rings (SSSR count). The molecule has 4 amide bonds. The fourth-order valence-corrected chi connectivity index (χ4v) is 20.6. The number of carbonyl (C=O) groups is 8. The fraction of sp³-hybridized carbons (Fsp3) is 0.596. The SMILES string of the molecule is CO[C@H]1C[C@@H]2CC[C@@H](C)[C@@](O)(O2)C(=O)C(=O)N2CCCC[C@H]2C(=O)O[C@H]([C@H](C)C[C@@H]2CC[C@@H](OC(=O)CCCOCCC(=O)NCc3cnc(N4CCN(C(=O)CCOCCN5CCN(c6ncc(C(=O)N7CCc8cc(Cn9nc(-c%10ccc%11oc(N)nc%11c%10)c%10c(N)ncnc%109)ccc8C7)cn6)CC5)CC4)nc3)[C@H](OC)C2)C[C@@H](OC)[C@H](C)/C=C(\C)[C@@H](O)[C@@H](OC)C(=O)[C@H](C)C[C@H](C)/C=C/C=C/C=C/1C. The summed E-state index contributed by atoms with van der Waals surface area (Å²) in [6.07, 6.45) is 20.6. The molecule has 5 aromatic heterocycles. The number of ether oxygens (including phenoxy) is 9. The highest BCUT2D eigenvalue weighted by Gasteiger charge is 2.54. The first kappa shape index (κ1) is 106. The molecule has 7 aromatic rings. The molecule has 1 saturated carbocycles. The van der Waals surface area contributed by atoms with E-state index in [0.29, 0.717) is 211 Å². The number of aromatic nitrogens is 9. The van der Waals surface area contributed by atoms with E-state index >= 15 is 0 Å². The van der Waals surface area contributed by atoms with Crippen LogP contribution in [0, 0.1) is 35.5 Å². The molecule has 16 atom stereocenters. The van der Waals surface area contributed by atoms with Crippen molar-refractivity contribution in [2.75, 3.05) is 148 Å². The Balaban J connectivity index is 0.465. The van der Waals surface area contributed by atoms with Crippen molar-refractivity contribution >= 4 is 93.0 Å². The van der Waals surface area contributed by atoms with Gasteiger partial charge < -0.3 is 98.5 Å². The zero-order chi connectivity index (χ0) is 101. The number of hydrogen-bond acceptors (Lipinski definition) is 33. The zero-order valence-electron chi connectivity index (χ0n) is 83.8. The van der Waals surface area contributed by atoms with Gasteiger partial charge in [0.15, 0.2) is 17.0 Å². The Morgan fingerprint density at radius 2 is 1.42 bits per heavy atom. The number of allylic oxidation sites excluding steroid dienone is 5. The van der Waals surface area contributed by atoms with Gasteiger partial charge in [-0.1, -0.05) is 89.3 Å². The third kappa shape index (κ3) is 27.1. The van der Waals surface area contributed by atoms with Crippen molar-refractivity contribution in [3.63, 3.8) is 0 Å². The molecule has 38 nitrogen and oxygen atoms in total. The molecule has 768 valence electrons. The molecular formula is C104H142N18O20. The predicted octanol–water partition coefficient (Wildman–Crippen LogP) is 9.50. The van der Waals surface area contributed by atoms with Gasteiger partial charge in [-0.25, -0.2) is 39.4 Å². The van der Waals surface area contributed by atoms with E-state index in [1.54, 1.807) is 66.0 Å². The van der Waals surface area contributed by atoms with Crippen LogP contribution in [0.3, 0.4) is 0 Å². The highest BCUT2D eigenvalue weighted by molar-refractivity contribution is 6.39. The molecule has 142 heavy (non-hydrogen) atoms. The van der Waals surface area contributed by atoms with Crippen LogP contribution < -0.4 is 26.6 Å². The lowest BCUT2D eigenvalue weighted by atomic mass is 9.78. The number of piperidine rings is 1. The molecule has 0 unspecified atom stereocenters. The van der Waals surface area contributed by atoms with Crippen molar-refractivity contribution in [3.8, 4) is 11.3 Å². The average molecular weight is 1960 g/mol. The van der Waals surface area contributed by atoms with Gasteiger partial charge in [0, 0.05) is 199 Å². The van der Waals surface area contributed by atoms with E-state index in [0.717, 1.165) is 47.5 Å². The first-order chi connectivity index (χ1) is 68.5. The van der Waals surface area contributed by atoms with Gasteiger partial charge in [-0.2, -0.15) is 10.1 Å². The summed E-state index contributed by atoms with van der Waals surface area (Å²) in [5, 5.41) is 32.5. The number of nitrogen functional groups attached to an aromatic ring is 2. The number of amides is 4. The largest absolute Gasteiger partial charge is 0.460 e. The van der Waals surface area contributed by atoms with Crippen LogP contribution in [0.25, 0.3) is 33.4 Å². The van der Waals surface area contributed by atoms with E-state index in [2.05, 4.69) is 68.2 Å². The molecule has 7 N–H and O–H groups in total. The van der Waals surface area contributed by atoms with Crippen molar-refractivity contribution in [1.82, 2.24) is 69.6 Å². The van der Waals surface area contributed by atoms with Crippen molar-refractivity contribution in [1.29, 1.82) is 0 Å². The number of benzene rings is 2. The third-order valence-electron chi connectivity index (χ3n) is 29.1. The third-order valence-corrected chi connectivity index (χ3v) is 29.1. The lowest BCUT2D eigenvalue weighted by molar-refractivity contribution is -0.265. The smallest absolute Gasteiger partial charge is 0.329 e. The minimum absolute atomic E-state index is 0.00137. The predicted molar refractivity (Wildman–Crippen MR) is 529 cm³/mol. The summed E-state index contributed by atoms with van der Waals surface area (Å²) in [5.41, 5.74) is 21.2. The number of ketones is 2. The van der Waals surface area contributed by atoms with Gasteiger partial charge in [0.1, 0.15) is 53.8 Å². The van der Waals surface area contributed by atoms with Gasteiger partial charge in [-0.15, -0.1) is 0 Å². The van der Waals surface area contributed by atoms with Crippen LogP contribution in [0.2, 0.25) is 0 Å². The first-order valence-corrected chi connectivity index (χ1v) is 50.2. The molecule has 2 aromatic carbocycles. The minimum Gasteiger partial charge on any atom is -0.460 e. The van der Waals surface area contributed by atoms with Crippen molar-refractivity contribution in [2.45, 2.75) is 238 Å². The van der Waals surface area contributed by atoms with Crippen molar-refractivity contribution < 1.29 is 95.6 Å². The summed E-state index contributed by atoms with van der Waals surface area (Å²) in [6, 6.07) is 10.8. The molecule has 0 spiro atoms. The number of aliphatic hydroxyl groups excluding tert-OH is 1. The second kappa shape index (κ2) is 50.2. The van der Waals surface area contributed by atoms with Crippen LogP contribution in [0.1, 0.15) is 184 Å². The number of nitrogens with one attached hydrogen (secondary N) is 1. The summed E-state index contributed by atoms with van der Waals surface area (Å²) in [6.45, 7) is 21.9. The maximum Gasteiger partial charge on any atom is 0.329 e. The summed E-state index contributed by atoms with van der Waals surface area (Å²) in [7, 11) is 6.15. The zero-order valence-corrected chi connectivity index (χ0v) is 83.8. The summed E-state index contributed by atoms with van der Waals surface area (Å²) in [5.74, 6) is -6.72. The molecule has 1 aliphatic carbocycles. The second-order valence-corrected chi connectivity index (χ2v) is 39.2. The molecule has 6 aliphatic heterocycles. The topological polar surface area (TPSA) is 465 Å². The molecule has 11 heterocycles. The number of rotatable bonds is 29. The van der Waals surface area contributed by atoms with E-state index in [9.17, 15) is 48.6 Å². The molecule has 38 heteroatoms. The number of aliphatic hydroxyl groups is 2. The van der Waals surface area contributed by atoms with Gasteiger partial charge in [0.05, 0.1) is 68.2 Å².